The van der Waals surface area contributed by atoms with E-state index in [0.29, 0.717) is 12.2 Å². The normalized spacial score (nSPS) is 19.9. The Morgan fingerprint density at radius 2 is 1.60 bits per heavy atom. The van der Waals surface area contributed by atoms with E-state index in [0.717, 1.165) is 6.42 Å². The summed E-state index contributed by atoms with van der Waals surface area (Å²) in [6.45, 7) is 5.75. The molecule has 1 aliphatic heterocycles. The summed E-state index contributed by atoms with van der Waals surface area (Å²) in [6, 6.07) is 0. The molecule has 0 aromatic rings. The predicted molar refractivity (Wildman–Crippen MR) is 86.6 cm³/mol. The van der Waals surface area contributed by atoms with Crippen LogP contribution in [-0.2, 0) is 4.74 Å². The summed E-state index contributed by atoms with van der Waals surface area (Å²) in [6.07, 6.45) is 17.2. The number of ether oxygens (including phenoxy) is 1. The topological polar surface area (TPSA) is 12.5 Å². The van der Waals surface area contributed by atoms with Crippen molar-refractivity contribution < 1.29 is 4.74 Å². The van der Waals surface area contributed by atoms with Crippen LogP contribution in [0.15, 0.2) is 18.4 Å². The van der Waals surface area contributed by atoms with Crippen LogP contribution >= 0.6 is 0 Å². The molecular formula is C19H30O. The maximum atomic E-state index is 5.62. The lowest BCUT2D eigenvalue weighted by atomic mass is 10.0. The summed E-state index contributed by atoms with van der Waals surface area (Å²) in [7, 11) is 0. The van der Waals surface area contributed by atoms with Crippen molar-refractivity contribution in [2.75, 3.05) is 0 Å². The van der Waals surface area contributed by atoms with E-state index in [1.54, 1.807) is 6.08 Å². The van der Waals surface area contributed by atoms with Crippen molar-refractivity contribution in [3.05, 3.63) is 18.4 Å². The van der Waals surface area contributed by atoms with Crippen LogP contribution < -0.4 is 0 Å². The molecule has 1 fully saturated rings. The van der Waals surface area contributed by atoms with Crippen molar-refractivity contribution in [3.8, 4) is 11.8 Å². The van der Waals surface area contributed by atoms with Gasteiger partial charge >= 0.3 is 0 Å². The molecule has 1 rings (SSSR count). The van der Waals surface area contributed by atoms with Gasteiger partial charge in [-0.15, -0.1) is 5.73 Å². The molecule has 0 unspecified atom stereocenters. The van der Waals surface area contributed by atoms with Crippen LogP contribution in [0.2, 0.25) is 0 Å². The molecule has 1 nitrogen and oxygen atoms in total. The van der Waals surface area contributed by atoms with Gasteiger partial charge in [-0.3, -0.25) is 0 Å². The highest BCUT2D eigenvalue weighted by atomic mass is 16.6. The fourth-order valence-electron chi connectivity index (χ4n) is 2.53. The monoisotopic (exact) mass is 274 g/mol. The summed E-state index contributed by atoms with van der Waals surface area (Å²) < 4.78 is 5.62. The second-order valence-corrected chi connectivity index (χ2v) is 5.70. The zero-order valence-corrected chi connectivity index (χ0v) is 13.1. The summed E-state index contributed by atoms with van der Waals surface area (Å²) in [5.41, 5.74) is 2.65. The van der Waals surface area contributed by atoms with Gasteiger partial charge in [0.15, 0.2) is 0 Å². The van der Waals surface area contributed by atoms with Gasteiger partial charge in [0.2, 0.25) is 0 Å². The Morgan fingerprint density at radius 1 is 0.950 bits per heavy atom. The Balaban J connectivity index is 1.82. The number of epoxide rings is 1. The van der Waals surface area contributed by atoms with E-state index in [4.69, 9.17) is 4.74 Å². The molecule has 0 radical (unpaired) electrons. The summed E-state index contributed by atoms with van der Waals surface area (Å²) in [4.78, 5) is 0. The average Bonchev–Trinajstić information content (AvgIpc) is 3.20. The Labute approximate surface area is 125 Å². The van der Waals surface area contributed by atoms with Crippen LogP contribution in [-0.4, -0.2) is 12.2 Å². The molecule has 112 valence electrons. The maximum absolute atomic E-state index is 5.62. The van der Waals surface area contributed by atoms with Crippen molar-refractivity contribution in [1.29, 1.82) is 0 Å². The highest BCUT2D eigenvalue weighted by Gasteiger charge is 2.36. The fourth-order valence-corrected chi connectivity index (χ4v) is 2.53. The van der Waals surface area contributed by atoms with Crippen LogP contribution in [0.25, 0.3) is 0 Å². The van der Waals surface area contributed by atoms with Crippen molar-refractivity contribution in [2.45, 2.75) is 89.8 Å². The van der Waals surface area contributed by atoms with Crippen molar-refractivity contribution in [3.63, 3.8) is 0 Å². The van der Waals surface area contributed by atoms with Gasteiger partial charge in [-0.05, 0) is 6.42 Å². The van der Waals surface area contributed by atoms with Crippen molar-refractivity contribution in [1.82, 2.24) is 0 Å². The molecule has 0 N–H and O–H groups in total. The summed E-state index contributed by atoms with van der Waals surface area (Å²) >= 11 is 0. The first-order chi connectivity index (χ1) is 9.88. The van der Waals surface area contributed by atoms with Gasteiger partial charge in [-0.2, -0.15) is 0 Å². The SMILES string of the molecule is C=C=CC#CC[C@@H]1O[C@@H]1CCCCCCCCCCC. The molecule has 1 saturated heterocycles. The lowest BCUT2D eigenvalue weighted by Gasteiger charge is -2.01. The van der Waals surface area contributed by atoms with Crippen molar-refractivity contribution in [2.24, 2.45) is 0 Å². The third kappa shape index (κ3) is 9.03. The van der Waals surface area contributed by atoms with Gasteiger partial charge in [-0.25, -0.2) is 0 Å². The Kier molecular flexibility index (Phi) is 10.1. The minimum absolute atomic E-state index is 0.398. The Bertz CT molecular complexity index is 341. The highest BCUT2D eigenvalue weighted by molar-refractivity contribution is 5.15. The lowest BCUT2D eigenvalue weighted by Crippen LogP contribution is -1.93. The second kappa shape index (κ2) is 11.8. The smallest absolute Gasteiger partial charge is 0.0950 e. The maximum Gasteiger partial charge on any atom is 0.0950 e. The first-order valence-corrected chi connectivity index (χ1v) is 8.36. The quantitative estimate of drug-likeness (QED) is 0.212. The average molecular weight is 274 g/mol. The fraction of sp³-hybridized carbons (Fsp3) is 0.737. The van der Waals surface area contributed by atoms with E-state index in [-0.39, 0.29) is 0 Å². The van der Waals surface area contributed by atoms with E-state index in [9.17, 15) is 0 Å². The summed E-state index contributed by atoms with van der Waals surface area (Å²) in [5, 5.41) is 0. The van der Waals surface area contributed by atoms with E-state index < -0.39 is 0 Å². The van der Waals surface area contributed by atoms with E-state index in [1.807, 2.05) is 0 Å². The van der Waals surface area contributed by atoms with Crippen LogP contribution in [0.3, 0.4) is 0 Å². The third-order valence-corrected chi connectivity index (χ3v) is 3.86. The molecule has 0 aliphatic carbocycles. The molecule has 1 heteroatoms. The van der Waals surface area contributed by atoms with Gasteiger partial charge < -0.3 is 4.74 Å². The first kappa shape index (κ1) is 17.1. The van der Waals surface area contributed by atoms with Crippen LogP contribution in [0.5, 0.6) is 0 Å². The van der Waals surface area contributed by atoms with E-state index in [2.05, 4.69) is 31.1 Å². The second-order valence-electron chi connectivity index (χ2n) is 5.70. The Morgan fingerprint density at radius 3 is 2.25 bits per heavy atom. The van der Waals surface area contributed by atoms with Gasteiger partial charge in [0.25, 0.3) is 0 Å². The zero-order chi connectivity index (χ0) is 14.5. The van der Waals surface area contributed by atoms with Gasteiger partial charge in [0.05, 0.1) is 12.2 Å². The van der Waals surface area contributed by atoms with Crippen LogP contribution in [0.4, 0.5) is 0 Å². The van der Waals surface area contributed by atoms with E-state index in [1.165, 1.54) is 64.2 Å². The largest absolute Gasteiger partial charge is 0.369 e. The van der Waals surface area contributed by atoms with Crippen LogP contribution in [0.1, 0.15) is 77.6 Å². The number of rotatable bonds is 11. The molecule has 2 atom stereocenters. The summed E-state index contributed by atoms with van der Waals surface area (Å²) in [5.74, 6) is 5.98. The van der Waals surface area contributed by atoms with Crippen molar-refractivity contribution >= 4 is 0 Å². The number of hydrogen-bond donors (Lipinski definition) is 0. The first-order valence-electron chi connectivity index (χ1n) is 8.36. The lowest BCUT2D eigenvalue weighted by molar-refractivity contribution is 0.359. The van der Waals surface area contributed by atoms with Gasteiger partial charge in [-0.1, -0.05) is 83.1 Å². The number of hydrogen-bond acceptors (Lipinski definition) is 1. The molecule has 0 bridgehead atoms. The molecule has 0 spiro atoms. The standard InChI is InChI=1S/C19H30O/c1-3-5-7-9-10-11-12-13-15-17-19-18(20-19)16-14-8-6-4-2/h6,18-19H,2-3,5,7,9-13,15-17H2,1H3/t18-,19+/m0/s1. The zero-order valence-electron chi connectivity index (χ0n) is 13.1. The third-order valence-electron chi connectivity index (χ3n) is 3.86. The number of unbranched alkanes of at least 4 members (excludes halogenated alkanes) is 8. The molecule has 1 aliphatic rings. The van der Waals surface area contributed by atoms with Gasteiger partial charge in [0, 0.05) is 12.5 Å². The highest BCUT2D eigenvalue weighted by Crippen LogP contribution is 2.29. The van der Waals surface area contributed by atoms with Gasteiger partial charge in [0.1, 0.15) is 0 Å². The Hall–Kier alpha value is -0.960. The minimum atomic E-state index is 0.398. The molecule has 0 saturated carbocycles. The van der Waals surface area contributed by atoms with E-state index >= 15 is 0 Å². The molecule has 0 aromatic heterocycles. The minimum Gasteiger partial charge on any atom is -0.369 e. The molecule has 1 heterocycles. The van der Waals surface area contributed by atoms with Crippen LogP contribution in [0, 0.1) is 11.8 Å². The predicted octanol–water partition coefficient (Wildman–Crippen LogP) is 5.41. The molecular weight excluding hydrogens is 244 g/mol. The molecule has 20 heavy (non-hydrogen) atoms. The molecule has 0 aromatic carbocycles. The molecule has 0 amide bonds. The number of allylic oxidation sites excluding steroid dienone is 1.